The Bertz CT molecular complexity index is 702. The first-order valence-corrected chi connectivity index (χ1v) is 6.97. The number of primary amides is 1. The molecule has 3 rings (SSSR count). The number of nitrogens with two attached hydrogens (primary N) is 1. The van der Waals surface area contributed by atoms with Crippen LogP contribution in [0.15, 0.2) is 42.5 Å². The van der Waals surface area contributed by atoms with E-state index in [9.17, 15) is 9.18 Å². The van der Waals surface area contributed by atoms with Gasteiger partial charge in [-0.15, -0.1) is 0 Å². The number of hydrogen-bond donors (Lipinski definition) is 2. The molecule has 108 valence electrons. The predicted molar refractivity (Wildman–Crippen MR) is 80.8 cm³/mol. The smallest absolute Gasteiger partial charge is 0.243 e. The molecule has 0 spiro atoms. The first-order chi connectivity index (χ1) is 9.98. The highest BCUT2D eigenvalue weighted by Crippen LogP contribution is 2.34. The summed E-state index contributed by atoms with van der Waals surface area (Å²) in [4.78, 5) is 12.0. The van der Waals surface area contributed by atoms with Crippen molar-refractivity contribution >= 4 is 23.2 Å². The zero-order chi connectivity index (χ0) is 15.0. The highest BCUT2D eigenvalue weighted by atomic mass is 35.5. The van der Waals surface area contributed by atoms with Crippen molar-refractivity contribution in [2.75, 3.05) is 5.32 Å². The third-order valence-corrected chi connectivity index (χ3v) is 4.09. The van der Waals surface area contributed by atoms with Crippen LogP contribution in [0.4, 0.5) is 10.1 Å². The largest absolute Gasteiger partial charge is 0.371 e. The van der Waals surface area contributed by atoms with E-state index >= 15 is 0 Å². The minimum Gasteiger partial charge on any atom is -0.371 e. The van der Waals surface area contributed by atoms with Crippen molar-refractivity contribution in [2.45, 2.75) is 18.4 Å². The molecular formula is C16H14ClFN2O. The molecule has 0 bridgehead atoms. The van der Waals surface area contributed by atoms with E-state index < -0.39 is 11.4 Å². The molecule has 1 aliphatic carbocycles. The normalized spacial score (nSPS) is 20.1. The minimum atomic E-state index is -0.898. The SMILES string of the molecule is NC(=O)C1(Nc2ccc(F)cc2)Cc2ccc(Cl)cc2C1. The highest BCUT2D eigenvalue weighted by Gasteiger charge is 2.42. The topological polar surface area (TPSA) is 55.1 Å². The van der Waals surface area contributed by atoms with E-state index in [1.165, 1.54) is 12.1 Å². The fraction of sp³-hybridized carbons (Fsp3) is 0.188. The molecule has 3 nitrogen and oxygen atoms in total. The third kappa shape index (κ3) is 2.59. The number of rotatable bonds is 3. The number of amides is 1. The summed E-state index contributed by atoms with van der Waals surface area (Å²) in [5.74, 6) is -0.755. The molecular weight excluding hydrogens is 291 g/mol. The summed E-state index contributed by atoms with van der Waals surface area (Å²) >= 11 is 6.00. The van der Waals surface area contributed by atoms with E-state index in [0.29, 0.717) is 23.6 Å². The molecule has 0 aliphatic heterocycles. The zero-order valence-electron chi connectivity index (χ0n) is 11.2. The Morgan fingerprint density at radius 3 is 2.48 bits per heavy atom. The number of carbonyl (C=O) groups excluding carboxylic acids is 1. The lowest BCUT2D eigenvalue weighted by molar-refractivity contribution is -0.122. The van der Waals surface area contributed by atoms with Gasteiger partial charge >= 0.3 is 0 Å². The van der Waals surface area contributed by atoms with Crippen LogP contribution in [-0.4, -0.2) is 11.4 Å². The fourth-order valence-electron chi connectivity index (χ4n) is 2.78. The van der Waals surface area contributed by atoms with E-state index in [1.54, 1.807) is 18.2 Å². The number of fused-ring (bicyclic) bond motifs is 1. The van der Waals surface area contributed by atoms with Crippen LogP contribution >= 0.6 is 11.6 Å². The van der Waals surface area contributed by atoms with Crippen molar-refractivity contribution in [2.24, 2.45) is 5.73 Å². The van der Waals surface area contributed by atoms with Gasteiger partial charge in [-0.05, 0) is 47.5 Å². The van der Waals surface area contributed by atoms with E-state index in [1.807, 2.05) is 12.1 Å². The molecule has 21 heavy (non-hydrogen) atoms. The lowest BCUT2D eigenvalue weighted by Crippen LogP contribution is -2.51. The fourth-order valence-corrected chi connectivity index (χ4v) is 2.97. The molecule has 0 heterocycles. The molecule has 1 unspecified atom stereocenters. The molecule has 1 atom stereocenters. The molecule has 0 radical (unpaired) electrons. The van der Waals surface area contributed by atoms with Crippen molar-refractivity contribution in [3.63, 3.8) is 0 Å². The Labute approximate surface area is 126 Å². The van der Waals surface area contributed by atoms with Gasteiger partial charge in [-0.2, -0.15) is 0 Å². The lowest BCUT2D eigenvalue weighted by atomic mass is 9.94. The van der Waals surface area contributed by atoms with Crippen molar-refractivity contribution in [1.82, 2.24) is 0 Å². The second kappa shape index (κ2) is 5.04. The number of benzene rings is 2. The van der Waals surface area contributed by atoms with Crippen molar-refractivity contribution in [1.29, 1.82) is 0 Å². The Hall–Kier alpha value is -2.07. The van der Waals surface area contributed by atoms with E-state index in [2.05, 4.69) is 5.32 Å². The summed E-state index contributed by atoms with van der Waals surface area (Å²) in [7, 11) is 0. The summed E-state index contributed by atoms with van der Waals surface area (Å²) in [5.41, 5.74) is 7.44. The van der Waals surface area contributed by atoms with Crippen LogP contribution in [0.1, 0.15) is 11.1 Å². The molecule has 0 saturated heterocycles. The standard InChI is InChI=1S/C16H14ClFN2O/c17-12-2-1-10-8-16(15(19)21,9-11(10)7-12)20-14-5-3-13(18)4-6-14/h1-7,20H,8-9H2,(H2,19,21). The maximum atomic E-state index is 13.0. The zero-order valence-corrected chi connectivity index (χ0v) is 12.0. The summed E-state index contributed by atoms with van der Waals surface area (Å²) < 4.78 is 13.0. The minimum absolute atomic E-state index is 0.324. The number of hydrogen-bond acceptors (Lipinski definition) is 2. The van der Waals surface area contributed by atoms with Gasteiger partial charge < -0.3 is 11.1 Å². The summed E-state index contributed by atoms with van der Waals surface area (Å²) in [5, 5.41) is 3.80. The second-order valence-electron chi connectivity index (χ2n) is 5.34. The maximum Gasteiger partial charge on any atom is 0.243 e. The highest BCUT2D eigenvalue weighted by molar-refractivity contribution is 6.30. The number of carbonyl (C=O) groups is 1. The molecule has 2 aromatic carbocycles. The average Bonchev–Trinajstić information content (AvgIpc) is 2.80. The van der Waals surface area contributed by atoms with Crippen LogP contribution in [0.5, 0.6) is 0 Å². The van der Waals surface area contributed by atoms with Crippen LogP contribution in [0.25, 0.3) is 0 Å². The van der Waals surface area contributed by atoms with Crippen LogP contribution < -0.4 is 11.1 Å². The molecule has 2 aromatic rings. The van der Waals surface area contributed by atoms with Gasteiger partial charge in [-0.3, -0.25) is 4.79 Å². The Morgan fingerprint density at radius 1 is 1.14 bits per heavy atom. The lowest BCUT2D eigenvalue weighted by Gasteiger charge is -2.28. The van der Waals surface area contributed by atoms with Gasteiger partial charge in [-0.1, -0.05) is 17.7 Å². The van der Waals surface area contributed by atoms with E-state index in [4.69, 9.17) is 17.3 Å². The van der Waals surface area contributed by atoms with Gasteiger partial charge in [0.2, 0.25) is 5.91 Å². The molecule has 0 fully saturated rings. The number of anilines is 1. The molecule has 1 aliphatic rings. The molecule has 5 heteroatoms. The quantitative estimate of drug-likeness (QED) is 0.916. The molecule has 0 aromatic heterocycles. The van der Waals surface area contributed by atoms with Crippen LogP contribution in [0.3, 0.4) is 0 Å². The van der Waals surface area contributed by atoms with Crippen molar-refractivity contribution < 1.29 is 9.18 Å². The second-order valence-corrected chi connectivity index (χ2v) is 5.78. The van der Waals surface area contributed by atoms with Gasteiger partial charge in [0.25, 0.3) is 0 Å². The van der Waals surface area contributed by atoms with Crippen molar-refractivity contribution in [3.8, 4) is 0 Å². The van der Waals surface area contributed by atoms with Crippen LogP contribution in [-0.2, 0) is 17.6 Å². The monoisotopic (exact) mass is 304 g/mol. The molecule has 3 N–H and O–H groups in total. The van der Waals surface area contributed by atoms with Crippen molar-refractivity contribution in [3.05, 3.63) is 64.4 Å². The van der Waals surface area contributed by atoms with Gasteiger partial charge in [-0.25, -0.2) is 4.39 Å². The van der Waals surface area contributed by atoms with E-state index in [0.717, 1.165) is 11.1 Å². The Morgan fingerprint density at radius 2 is 1.81 bits per heavy atom. The summed E-state index contributed by atoms with van der Waals surface area (Å²) in [6.45, 7) is 0. The number of halogens is 2. The molecule has 0 saturated carbocycles. The van der Waals surface area contributed by atoms with Gasteiger partial charge in [0.1, 0.15) is 11.4 Å². The van der Waals surface area contributed by atoms with Gasteiger partial charge in [0.15, 0.2) is 0 Å². The Balaban J connectivity index is 1.93. The first-order valence-electron chi connectivity index (χ1n) is 6.59. The molecule has 1 amide bonds. The first kappa shape index (κ1) is 13.9. The predicted octanol–water partition coefficient (Wildman–Crippen LogP) is 2.91. The van der Waals surface area contributed by atoms with Gasteiger partial charge in [0.05, 0.1) is 0 Å². The third-order valence-electron chi connectivity index (χ3n) is 3.85. The van der Waals surface area contributed by atoms with E-state index in [-0.39, 0.29) is 5.82 Å². The average molecular weight is 305 g/mol. The number of nitrogens with one attached hydrogen (secondary N) is 1. The summed E-state index contributed by atoms with van der Waals surface area (Å²) in [6.07, 6.45) is 0.960. The van der Waals surface area contributed by atoms with Gasteiger partial charge in [0, 0.05) is 23.6 Å². The summed E-state index contributed by atoms with van der Waals surface area (Å²) in [6, 6.07) is 11.4. The van der Waals surface area contributed by atoms with Crippen LogP contribution in [0, 0.1) is 5.82 Å². The van der Waals surface area contributed by atoms with Crippen LogP contribution in [0.2, 0.25) is 5.02 Å². The maximum absolute atomic E-state index is 13.0. The Kier molecular flexibility index (Phi) is 3.33.